The van der Waals surface area contributed by atoms with Crippen LogP contribution in [0.3, 0.4) is 0 Å². The summed E-state index contributed by atoms with van der Waals surface area (Å²) in [6, 6.07) is 7.26. The molecular weight excluding hydrogens is 388 g/mol. The van der Waals surface area contributed by atoms with Crippen LogP contribution in [0.15, 0.2) is 30.0 Å². The molecule has 0 saturated carbocycles. The molecule has 0 N–H and O–H groups in total. The van der Waals surface area contributed by atoms with Crippen LogP contribution in [0.2, 0.25) is 0 Å². The first-order chi connectivity index (χ1) is 14.6. The Morgan fingerprint density at radius 2 is 1.77 bits per heavy atom. The second kappa shape index (κ2) is 10.6. The average molecular weight is 418 g/mol. The summed E-state index contributed by atoms with van der Waals surface area (Å²) in [7, 11) is 4.77. The van der Waals surface area contributed by atoms with E-state index in [1.807, 2.05) is 17.0 Å². The number of hydrogen-bond donors (Lipinski definition) is 0. The molecule has 1 aromatic carbocycles. The number of methoxy groups -OCH3 is 3. The number of imide groups is 1. The molecule has 0 aliphatic carbocycles. The summed E-state index contributed by atoms with van der Waals surface area (Å²) >= 11 is 0. The van der Waals surface area contributed by atoms with Crippen LogP contribution in [0, 0.1) is 0 Å². The first-order valence-corrected chi connectivity index (χ1v) is 10.2. The molecule has 3 rings (SSSR count). The van der Waals surface area contributed by atoms with Crippen LogP contribution in [0.25, 0.3) is 5.57 Å². The zero-order chi connectivity index (χ0) is 21.5. The summed E-state index contributed by atoms with van der Waals surface area (Å²) in [5, 5.41) is 0. The number of ether oxygens (including phenoxy) is 4. The number of benzene rings is 1. The lowest BCUT2D eigenvalue weighted by molar-refractivity contribution is -0.139. The van der Waals surface area contributed by atoms with Crippen LogP contribution in [-0.4, -0.2) is 88.5 Å². The van der Waals surface area contributed by atoms with Gasteiger partial charge in [-0.15, -0.1) is 0 Å². The Morgan fingerprint density at radius 3 is 2.37 bits per heavy atom. The van der Waals surface area contributed by atoms with Crippen molar-refractivity contribution in [3.63, 3.8) is 0 Å². The molecule has 2 aliphatic rings. The monoisotopic (exact) mass is 418 g/mol. The largest absolute Gasteiger partial charge is 0.496 e. The Morgan fingerprint density at radius 1 is 1.07 bits per heavy atom. The second-order valence-electron chi connectivity index (χ2n) is 7.25. The van der Waals surface area contributed by atoms with Crippen LogP contribution < -0.4 is 4.74 Å². The highest BCUT2D eigenvalue weighted by molar-refractivity contribution is 6.36. The standard InChI is InChI=1S/C22H30N2O6/c1-27-13-10-23(11-14-28-2)20-19(17-8-4-5-9-18(17)29-3)21(25)24(22(20)26)15-16-7-6-12-30-16/h4-5,8-9,16H,6-7,10-15H2,1-3H3. The fraction of sp³-hybridized carbons (Fsp3) is 0.545. The fourth-order valence-corrected chi connectivity index (χ4v) is 3.85. The van der Waals surface area contributed by atoms with Crippen molar-refractivity contribution in [1.29, 1.82) is 0 Å². The molecule has 1 aromatic rings. The smallest absolute Gasteiger partial charge is 0.277 e. The molecule has 1 fully saturated rings. The number of carbonyl (C=O) groups is 2. The predicted molar refractivity (Wildman–Crippen MR) is 111 cm³/mol. The normalized spacial score (nSPS) is 19.2. The van der Waals surface area contributed by atoms with E-state index >= 15 is 0 Å². The Bertz CT molecular complexity index is 780. The lowest BCUT2D eigenvalue weighted by Crippen LogP contribution is -2.41. The predicted octanol–water partition coefficient (Wildman–Crippen LogP) is 1.55. The fourth-order valence-electron chi connectivity index (χ4n) is 3.85. The molecule has 2 aliphatic heterocycles. The number of rotatable bonds is 11. The van der Waals surface area contributed by atoms with Gasteiger partial charge in [0.1, 0.15) is 11.4 Å². The number of carbonyl (C=O) groups excluding carboxylic acids is 2. The Hall–Kier alpha value is -2.42. The number of para-hydroxylation sites is 1. The number of amides is 2. The van der Waals surface area contributed by atoms with Gasteiger partial charge in [0.2, 0.25) is 0 Å². The zero-order valence-corrected chi connectivity index (χ0v) is 17.9. The maximum absolute atomic E-state index is 13.5. The Balaban J connectivity index is 2.04. The van der Waals surface area contributed by atoms with E-state index in [2.05, 4.69) is 0 Å². The SMILES string of the molecule is COCCN(CCOC)C1=C(c2ccccc2OC)C(=O)N(CC2CCCO2)C1=O. The first kappa shape index (κ1) is 22.3. The molecule has 1 unspecified atom stereocenters. The van der Waals surface area contributed by atoms with Gasteiger partial charge in [-0.25, -0.2) is 0 Å². The number of hydrogen-bond acceptors (Lipinski definition) is 7. The van der Waals surface area contributed by atoms with Gasteiger partial charge in [-0.1, -0.05) is 18.2 Å². The molecule has 0 bridgehead atoms. The minimum absolute atomic E-state index is 0.123. The van der Waals surface area contributed by atoms with E-state index in [-0.39, 0.29) is 24.5 Å². The molecule has 0 aromatic heterocycles. The van der Waals surface area contributed by atoms with Gasteiger partial charge in [0.25, 0.3) is 11.8 Å². The van der Waals surface area contributed by atoms with Crippen molar-refractivity contribution in [2.75, 3.05) is 60.8 Å². The molecule has 8 heteroatoms. The van der Waals surface area contributed by atoms with Gasteiger partial charge < -0.3 is 23.8 Å². The molecule has 2 amide bonds. The molecule has 30 heavy (non-hydrogen) atoms. The van der Waals surface area contributed by atoms with Crippen molar-refractivity contribution >= 4 is 17.4 Å². The van der Waals surface area contributed by atoms with Gasteiger partial charge >= 0.3 is 0 Å². The van der Waals surface area contributed by atoms with E-state index in [1.54, 1.807) is 33.5 Å². The molecule has 0 radical (unpaired) electrons. The van der Waals surface area contributed by atoms with E-state index < -0.39 is 0 Å². The summed E-state index contributed by atoms with van der Waals surface area (Å²) in [4.78, 5) is 30.1. The second-order valence-corrected chi connectivity index (χ2v) is 7.25. The van der Waals surface area contributed by atoms with Crippen molar-refractivity contribution in [3.05, 3.63) is 35.5 Å². The van der Waals surface area contributed by atoms with Crippen molar-refractivity contribution in [3.8, 4) is 5.75 Å². The summed E-state index contributed by atoms with van der Waals surface area (Å²) in [5.74, 6) is -0.0954. The van der Waals surface area contributed by atoms with E-state index in [1.165, 1.54) is 4.90 Å². The molecule has 8 nitrogen and oxygen atoms in total. The summed E-state index contributed by atoms with van der Waals surface area (Å²) in [6.07, 6.45) is 1.66. The minimum Gasteiger partial charge on any atom is -0.496 e. The average Bonchev–Trinajstić information content (AvgIpc) is 3.36. The zero-order valence-electron chi connectivity index (χ0n) is 17.9. The highest BCUT2D eigenvalue weighted by Gasteiger charge is 2.43. The van der Waals surface area contributed by atoms with Crippen molar-refractivity contribution in [2.45, 2.75) is 18.9 Å². The lowest BCUT2D eigenvalue weighted by atomic mass is 10.0. The van der Waals surface area contributed by atoms with E-state index in [0.717, 1.165) is 12.8 Å². The summed E-state index contributed by atoms with van der Waals surface area (Å²) < 4.78 is 21.6. The molecule has 0 spiro atoms. The van der Waals surface area contributed by atoms with Gasteiger partial charge in [0.05, 0.1) is 38.5 Å². The highest BCUT2D eigenvalue weighted by atomic mass is 16.5. The topological polar surface area (TPSA) is 77.5 Å². The quantitative estimate of drug-likeness (QED) is 0.505. The molecule has 1 atom stereocenters. The maximum atomic E-state index is 13.5. The van der Waals surface area contributed by atoms with Gasteiger partial charge in [-0.05, 0) is 18.9 Å². The highest BCUT2D eigenvalue weighted by Crippen LogP contribution is 2.36. The van der Waals surface area contributed by atoms with Crippen LogP contribution >= 0.6 is 0 Å². The molecule has 1 saturated heterocycles. The van der Waals surface area contributed by atoms with Crippen LogP contribution in [0.4, 0.5) is 0 Å². The van der Waals surface area contributed by atoms with Gasteiger partial charge in [-0.2, -0.15) is 0 Å². The third kappa shape index (κ3) is 4.66. The molecular formula is C22H30N2O6. The number of nitrogens with zero attached hydrogens (tertiary/aromatic N) is 2. The van der Waals surface area contributed by atoms with E-state index in [4.69, 9.17) is 18.9 Å². The molecule has 2 heterocycles. The van der Waals surface area contributed by atoms with Crippen molar-refractivity contribution in [2.24, 2.45) is 0 Å². The van der Waals surface area contributed by atoms with Crippen molar-refractivity contribution in [1.82, 2.24) is 9.80 Å². The Kier molecular flexibility index (Phi) is 7.84. The maximum Gasteiger partial charge on any atom is 0.277 e. The Labute approximate surface area is 177 Å². The van der Waals surface area contributed by atoms with E-state index in [0.29, 0.717) is 55.5 Å². The van der Waals surface area contributed by atoms with Crippen molar-refractivity contribution < 1.29 is 28.5 Å². The van der Waals surface area contributed by atoms with E-state index in [9.17, 15) is 9.59 Å². The molecule has 164 valence electrons. The summed E-state index contributed by atoms with van der Waals surface area (Å²) in [5.41, 5.74) is 1.31. The van der Waals surface area contributed by atoms with Crippen LogP contribution in [0.1, 0.15) is 18.4 Å². The van der Waals surface area contributed by atoms with Crippen LogP contribution in [0.5, 0.6) is 5.75 Å². The van der Waals surface area contributed by atoms with Crippen LogP contribution in [-0.2, 0) is 23.8 Å². The third-order valence-electron chi connectivity index (χ3n) is 5.38. The van der Waals surface area contributed by atoms with Gasteiger partial charge in [0.15, 0.2) is 0 Å². The van der Waals surface area contributed by atoms with Gasteiger partial charge in [-0.3, -0.25) is 14.5 Å². The lowest BCUT2D eigenvalue weighted by Gasteiger charge is -2.26. The first-order valence-electron chi connectivity index (χ1n) is 10.2. The summed E-state index contributed by atoms with van der Waals surface area (Å²) in [6.45, 7) is 2.66. The van der Waals surface area contributed by atoms with Gasteiger partial charge in [0, 0.05) is 39.5 Å². The minimum atomic E-state index is -0.324. The third-order valence-corrected chi connectivity index (χ3v) is 5.38.